The molecule has 1 heterocycles. The molecule has 0 saturated carbocycles. The Balaban J connectivity index is 2.30. The average Bonchev–Trinajstić information content (AvgIpc) is 3.23. The van der Waals surface area contributed by atoms with Gasteiger partial charge in [0.2, 0.25) is 11.8 Å². The Labute approximate surface area is 230 Å². The van der Waals surface area contributed by atoms with Crippen LogP contribution in [0.1, 0.15) is 63.7 Å². The molecule has 1 aliphatic rings. The van der Waals surface area contributed by atoms with E-state index < -0.39 is 41.8 Å². The number of unbranched alkanes of at least 4 members (excludes halogenated alkanes) is 1. The molecule has 1 aliphatic heterocycles. The van der Waals surface area contributed by atoms with E-state index in [-0.39, 0.29) is 30.8 Å². The number of carbonyl (C=O) groups is 4. The van der Waals surface area contributed by atoms with Gasteiger partial charge in [0.05, 0.1) is 0 Å². The van der Waals surface area contributed by atoms with Gasteiger partial charge in [-0.15, -0.1) is 0 Å². The van der Waals surface area contributed by atoms with Crippen LogP contribution in [0.3, 0.4) is 0 Å². The summed E-state index contributed by atoms with van der Waals surface area (Å²) in [6.45, 7) is 8.03. The van der Waals surface area contributed by atoms with Crippen molar-refractivity contribution in [3.05, 3.63) is 47.5 Å². The summed E-state index contributed by atoms with van der Waals surface area (Å²) in [4.78, 5) is 57.6. The number of guanidine groups is 1. The van der Waals surface area contributed by atoms with Gasteiger partial charge in [0, 0.05) is 24.6 Å². The zero-order chi connectivity index (χ0) is 29.1. The fraction of sp³-hybridized carbons (Fsp3) is 0.536. The van der Waals surface area contributed by atoms with Crippen molar-refractivity contribution >= 4 is 29.7 Å². The Hall–Kier alpha value is -3.89. The third-order valence-corrected chi connectivity index (χ3v) is 6.83. The van der Waals surface area contributed by atoms with E-state index in [4.69, 9.17) is 11.5 Å². The highest BCUT2D eigenvalue weighted by Gasteiger charge is 2.44. The van der Waals surface area contributed by atoms with Gasteiger partial charge in [0.1, 0.15) is 18.1 Å². The number of carboxylic acids is 1. The van der Waals surface area contributed by atoms with E-state index in [1.54, 1.807) is 30.3 Å². The molecule has 0 bridgehead atoms. The van der Waals surface area contributed by atoms with Gasteiger partial charge in [-0.05, 0) is 56.2 Å². The number of rotatable bonds is 13. The van der Waals surface area contributed by atoms with Crippen molar-refractivity contribution in [2.24, 2.45) is 28.3 Å². The summed E-state index contributed by atoms with van der Waals surface area (Å²) >= 11 is 0. The smallest absolute Gasteiger partial charge is 0.326 e. The van der Waals surface area contributed by atoms with Crippen LogP contribution in [0.2, 0.25) is 0 Å². The van der Waals surface area contributed by atoms with Gasteiger partial charge in [-0.3, -0.25) is 19.4 Å². The summed E-state index contributed by atoms with van der Waals surface area (Å²) in [7, 11) is 0. The number of carbonyl (C=O) groups excluding carboxylic acids is 3. The van der Waals surface area contributed by atoms with E-state index >= 15 is 0 Å². The Morgan fingerprint density at radius 3 is 2.33 bits per heavy atom. The number of likely N-dealkylation sites (tertiary alicyclic amines) is 1. The van der Waals surface area contributed by atoms with Crippen molar-refractivity contribution < 1.29 is 24.3 Å². The summed E-state index contributed by atoms with van der Waals surface area (Å²) in [6, 6.07) is 5.69. The highest BCUT2D eigenvalue weighted by atomic mass is 16.4. The summed E-state index contributed by atoms with van der Waals surface area (Å²) in [6.07, 6.45) is 3.59. The molecule has 4 atom stereocenters. The Bertz CT molecular complexity index is 1070. The maximum absolute atomic E-state index is 13.9. The van der Waals surface area contributed by atoms with Crippen molar-refractivity contribution in [1.29, 1.82) is 0 Å². The number of benzene rings is 1. The molecular weight excluding hydrogens is 500 g/mol. The normalized spacial score (nSPS) is 19.4. The lowest BCUT2D eigenvalue weighted by Crippen LogP contribution is -2.56. The minimum Gasteiger partial charge on any atom is -0.480 e. The molecule has 0 aromatic heterocycles. The SMILES string of the molecule is C/C=C1/CN(C(=O)[C@H](CCCCN=C(N)N)NC(=O)c2ccccc2)C(C(=O)N[C@@H](CC(C)C)C(=O)O)[C@@H]1C. The van der Waals surface area contributed by atoms with E-state index in [9.17, 15) is 24.3 Å². The van der Waals surface area contributed by atoms with Crippen LogP contribution in [0, 0.1) is 11.8 Å². The van der Waals surface area contributed by atoms with Crippen LogP contribution >= 0.6 is 0 Å². The summed E-state index contributed by atoms with van der Waals surface area (Å²) < 4.78 is 0. The van der Waals surface area contributed by atoms with E-state index in [0.29, 0.717) is 31.4 Å². The van der Waals surface area contributed by atoms with E-state index in [1.165, 1.54) is 4.90 Å². The first kappa shape index (κ1) is 31.3. The first-order chi connectivity index (χ1) is 18.5. The Morgan fingerprint density at radius 2 is 1.77 bits per heavy atom. The first-order valence-corrected chi connectivity index (χ1v) is 13.4. The molecule has 214 valence electrons. The quantitative estimate of drug-likeness (QED) is 0.109. The molecule has 1 aromatic rings. The van der Waals surface area contributed by atoms with Crippen LogP contribution in [0.5, 0.6) is 0 Å². The number of allylic oxidation sites excluding steroid dienone is 1. The lowest BCUT2D eigenvalue weighted by atomic mass is 9.96. The number of amides is 3. The van der Waals surface area contributed by atoms with Gasteiger partial charge >= 0.3 is 5.97 Å². The van der Waals surface area contributed by atoms with Crippen molar-refractivity contribution in [2.75, 3.05) is 13.1 Å². The number of hydrogen-bond acceptors (Lipinski definition) is 5. The largest absolute Gasteiger partial charge is 0.480 e. The van der Waals surface area contributed by atoms with Gasteiger partial charge in [0.15, 0.2) is 5.96 Å². The van der Waals surface area contributed by atoms with Crippen molar-refractivity contribution in [2.45, 2.75) is 71.5 Å². The molecular formula is C28H42N6O5. The van der Waals surface area contributed by atoms with Crippen LogP contribution in [-0.4, -0.2) is 70.9 Å². The second-order valence-electron chi connectivity index (χ2n) is 10.3. The molecule has 0 radical (unpaired) electrons. The topological polar surface area (TPSA) is 180 Å². The van der Waals surface area contributed by atoms with Crippen molar-refractivity contribution in [3.63, 3.8) is 0 Å². The van der Waals surface area contributed by atoms with Crippen LogP contribution in [-0.2, 0) is 14.4 Å². The lowest BCUT2D eigenvalue weighted by molar-refractivity contribution is -0.145. The molecule has 0 spiro atoms. The number of aliphatic imine (C=N–C) groups is 1. The Morgan fingerprint density at radius 1 is 1.10 bits per heavy atom. The predicted octanol–water partition coefficient (Wildman–Crippen LogP) is 1.64. The monoisotopic (exact) mass is 542 g/mol. The third-order valence-electron chi connectivity index (χ3n) is 6.83. The summed E-state index contributed by atoms with van der Waals surface area (Å²) in [5.74, 6) is -2.74. The molecule has 11 nitrogen and oxygen atoms in total. The summed E-state index contributed by atoms with van der Waals surface area (Å²) in [5.41, 5.74) is 12.1. The second-order valence-corrected chi connectivity index (χ2v) is 10.3. The summed E-state index contributed by atoms with van der Waals surface area (Å²) in [5, 5.41) is 15.1. The maximum atomic E-state index is 13.9. The van der Waals surface area contributed by atoms with E-state index in [2.05, 4.69) is 15.6 Å². The van der Waals surface area contributed by atoms with Gasteiger partial charge < -0.3 is 32.1 Å². The number of hydrogen-bond donors (Lipinski definition) is 5. The molecule has 0 aliphatic carbocycles. The number of nitrogens with two attached hydrogens (primary N) is 2. The molecule has 7 N–H and O–H groups in total. The van der Waals surface area contributed by atoms with E-state index in [1.807, 2.05) is 33.8 Å². The van der Waals surface area contributed by atoms with E-state index in [0.717, 1.165) is 5.57 Å². The molecule has 39 heavy (non-hydrogen) atoms. The molecule has 1 fully saturated rings. The molecule has 2 rings (SSSR count). The zero-order valence-corrected chi connectivity index (χ0v) is 23.2. The number of nitrogens with one attached hydrogen (secondary N) is 2. The number of aliphatic carboxylic acids is 1. The van der Waals surface area contributed by atoms with Crippen LogP contribution in [0.25, 0.3) is 0 Å². The minimum absolute atomic E-state index is 0.0177. The first-order valence-electron chi connectivity index (χ1n) is 13.4. The van der Waals surface area contributed by atoms with Crippen LogP contribution < -0.4 is 22.1 Å². The second kappa shape index (κ2) is 14.9. The predicted molar refractivity (Wildman–Crippen MR) is 150 cm³/mol. The van der Waals surface area contributed by atoms with Gasteiger partial charge in [-0.25, -0.2) is 4.79 Å². The molecule has 11 heteroatoms. The van der Waals surface area contributed by atoms with Gasteiger partial charge in [0.25, 0.3) is 5.91 Å². The number of nitrogens with zero attached hydrogens (tertiary/aromatic N) is 2. The third kappa shape index (κ3) is 9.12. The molecule has 3 amide bonds. The maximum Gasteiger partial charge on any atom is 0.326 e. The highest BCUT2D eigenvalue weighted by Crippen LogP contribution is 2.30. The van der Waals surface area contributed by atoms with Crippen LogP contribution in [0.4, 0.5) is 0 Å². The molecule has 1 aromatic carbocycles. The highest BCUT2D eigenvalue weighted by molar-refractivity contribution is 5.99. The van der Waals surface area contributed by atoms with Crippen LogP contribution in [0.15, 0.2) is 47.0 Å². The standard InChI is InChI=1S/C28H42N6O5/c1-5-19-16-34(23(18(19)4)25(36)33-22(27(38)39)15-17(2)3)26(37)21(13-9-10-14-31-28(29)30)32-24(35)20-11-7-6-8-12-20/h5-8,11-12,17-18,21-23H,9-10,13-16H2,1-4H3,(H,32,35)(H,33,36)(H,38,39)(H4,29,30,31)/b19-5-/t18-,21+,22+,23?/m1/s1. The molecule has 1 unspecified atom stereocenters. The lowest BCUT2D eigenvalue weighted by Gasteiger charge is -2.30. The average molecular weight is 543 g/mol. The molecule has 1 saturated heterocycles. The van der Waals surface area contributed by atoms with Gasteiger partial charge in [-0.1, -0.05) is 45.0 Å². The fourth-order valence-corrected chi connectivity index (χ4v) is 4.76. The van der Waals surface area contributed by atoms with Crippen molar-refractivity contribution in [3.8, 4) is 0 Å². The Kier molecular flexibility index (Phi) is 12.0. The van der Waals surface area contributed by atoms with Gasteiger partial charge in [-0.2, -0.15) is 0 Å². The van der Waals surface area contributed by atoms with Crippen molar-refractivity contribution in [1.82, 2.24) is 15.5 Å². The zero-order valence-electron chi connectivity index (χ0n) is 23.2. The minimum atomic E-state index is -1.12. The number of carboxylic acid groups (broad SMARTS) is 1. The fourth-order valence-electron chi connectivity index (χ4n) is 4.76.